The molecule has 0 radical (unpaired) electrons. The number of pyridine rings is 1. The van der Waals surface area contributed by atoms with Gasteiger partial charge in [0.05, 0.1) is 23.4 Å². The second-order valence-corrected chi connectivity index (χ2v) is 6.94. The molecule has 0 aliphatic carbocycles. The third-order valence-corrected chi connectivity index (χ3v) is 4.76. The van der Waals surface area contributed by atoms with Crippen LogP contribution in [0.4, 0.5) is 0 Å². The van der Waals surface area contributed by atoms with E-state index >= 15 is 0 Å². The van der Waals surface area contributed by atoms with E-state index in [9.17, 15) is 9.59 Å². The molecule has 0 aliphatic heterocycles. The quantitative estimate of drug-likeness (QED) is 0.663. The summed E-state index contributed by atoms with van der Waals surface area (Å²) in [5.41, 5.74) is 3.77. The van der Waals surface area contributed by atoms with E-state index in [2.05, 4.69) is 20.0 Å². The van der Waals surface area contributed by atoms with Gasteiger partial charge in [0.1, 0.15) is 5.69 Å². The van der Waals surface area contributed by atoms with E-state index in [1.165, 1.54) is 25.4 Å². The Hall–Kier alpha value is -3.06. The van der Waals surface area contributed by atoms with Gasteiger partial charge in [-0.25, -0.2) is 9.78 Å². The highest BCUT2D eigenvalue weighted by molar-refractivity contribution is 7.09. The van der Waals surface area contributed by atoms with E-state index in [-0.39, 0.29) is 11.6 Å². The first-order valence-corrected chi connectivity index (χ1v) is 9.29. The minimum Gasteiger partial charge on any atom is -0.465 e. The molecule has 1 amide bonds. The van der Waals surface area contributed by atoms with Gasteiger partial charge in [0, 0.05) is 23.7 Å². The van der Waals surface area contributed by atoms with Gasteiger partial charge in [-0.1, -0.05) is 24.3 Å². The van der Waals surface area contributed by atoms with Gasteiger partial charge < -0.3 is 10.1 Å². The molecule has 0 aliphatic rings. The monoisotopic (exact) mass is 381 g/mol. The van der Waals surface area contributed by atoms with E-state index in [1.54, 1.807) is 11.3 Å². The van der Waals surface area contributed by atoms with Gasteiger partial charge in [-0.05, 0) is 31.0 Å². The van der Waals surface area contributed by atoms with Crippen LogP contribution in [-0.4, -0.2) is 35.5 Å². The van der Waals surface area contributed by atoms with Crippen LogP contribution in [0.25, 0.3) is 11.3 Å². The highest BCUT2D eigenvalue weighted by Gasteiger charge is 2.10. The Kier molecular flexibility index (Phi) is 5.93. The number of ether oxygens (including phenoxy) is 1. The Balaban J connectivity index is 1.51. The average Bonchev–Trinajstić information content (AvgIpc) is 3.14. The molecule has 0 saturated heterocycles. The molecule has 0 bridgehead atoms. The van der Waals surface area contributed by atoms with Gasteiger partial charge >= 0.3 is 5.97 Å². The van der Waals surface area contributed by atoms with Crippen LogP contribution in [0.15, 0.2) is 48.0 Å². The maximum Gasteiger partial charge on any atom is 0.339 e. The Morgan fingerprint density at radius 1 is 1.15 bits per heavy atom. The number of hydrogen-bond donors (Lipinski definition) is 1. The molecule has 0 spiro atoms. The van der Waals surface area contributed by atoms with Gasteiger partial charge in [-0.15, -0.1) is 11.3 Å². The number of nitrogens with zero attached hydrogens (tertiary/aromatic N) is 2. The molecule has 0 atom stereocenters. The van der Waals surface area contributed by atoms with Crippen LogP contribution in [0, 0.1) is 6.92 Å². The smallest absolute Gasteiger partial charge is 0.339 e. The summed E-state index contributed by atoms with van der Waals surface area (Å²) in [5.74, 6) is -0.758. The molecule has 3 aromatic rings. The summed E-state index contributed by atoms with van der Waals surface area (Å²) < 4.78 is 4.61. The number of methoxy groups -OCH3 is 1. The number of rotatable bonds is 6. The average molecular weight is 381 g/mol. The van der Waals surface area contributed by atoms with Crippen LogP contribution in [0.2, 0.25) is 0 Å². The Bertz CT molecular complexity index is 934. The highest BCUT2D eigenvalue weighted by Crippen LogP contribution is 2.21. The fourth-order valence-electron chi connectivity index (χ4n) is 2.52. The highest BCUT2D eigenvalue weighted by atomic mass is 32.1. The molecule has 1 N–H and O–H groups in total. The van der Waals surface area contributed by atoms with Gasteiger partial charge in [-0.2, -0.15) is 0 Å². The van der Waals surface area contributed by atoms with E-state index < -0.39 is 5.97 Å². The van der Waals surface area contributed by atoms with Crippen LogP contribution in [0.3, 0.4) is 0 Å². The second kappa shape index (κ2) is 8.55. The molecule has 3 rings (SSSR count). The lowest BCUT2D eigenvalue weighted by molar-refractivity contribution is 0.0599. The zero-order valence-corrected chi connectivity index (χ0v) is 15.9. The number of thiazole rings is 1. The molecule has 2 aromatic heterocycles. The lowest BCUT2D eigenvalue weighted by atomic mass is 10.1. The third kappa shape index (κ3) is 4.77. The van der Waals surface area contributed by atoms with Crippen molar-refractivity contribution in [1.29, 1.82) is 0 Å². The predicted molar refractivity (Wildman–Crippen MR) is 104 cm³/mol. The molecule has 0 fully saturated rings. The molecule has 7 heteroatoms. The van der Waals surface area contributed by atoms with Crippen molar-refractivity contribution in [2.24, 2.45) is 0 Å². The standard InChI is InChI=1S/C20H19N3O3S/c1-13-23-18(12-27-13)15-5-3-14(4-6-15)9-10-21-19(24)17-8-7-16(11-22-17)20(25)26-2/h3-8,11-12H,9-10H2,1-2H3,(H,21,24). The van der Waals surface area contributed by atoms with Crippen LogP contribution in [0.1, 0.15) is 31.4 Å². The number of nitrogens with one attached hydrogen (secondary N) is 1. The molecular formula is C20H19N3O3S. The molecule has 6 nitrogen and oxygen atoms in total. The molecule has 138 valence electrons. The minimum atomic E-state index is -0.481. The van der Waals surface area contributed by atoms with Crippen molar-refractivity contribution >= 4 is 23.2 Å². The van der Waals surface area contributed by atoms with Crippen molar-refractivity contribution in [3.63, 3.8) is 0 Å². The number of esters is 1. The molecule has 2 heterocycles. The fourth-order valence-corrected chi connectivity index (χ4v) is 3.14. The van der Waals surface area contributed by atoms with Crippen molar-refractivity contribution < 1.29 is 14.3 Å². The maximum atomic E-state index is 12.1. The second-order valence-electron chi connectivity index (χ2n) is 5.88. The Morgan fingerprint density at radius 2 is 1.93 bits per heavy atom. The predicted octanol–water partition coefficient (Wildman–Crippen LogP) is 3.27. The summed E-state index contributed by atoms with van der Waals surface area (Å²) in [6, 6.07) is 11.2. The summed E-state index contributed by atoms with van der Waals surface area (Å²) >= 11 is 1.63. The van der Waals surface area contributed by atoms with Crippen molar-refractivity contribution in [2.75, 3.05) is 13.7 Å². The zero-order valence-electron chi connectivity index (χ0n) is 15.1. The summed E-state index contributed by atoms with van der Waals surface area (Å²) in [7, 11) is 1.30. The minimum absolute atomic E-state index is 0.261. The lowest BCUT2D eigenvalue weighted by Gasteiger charge is -2.06. The normalized spacial score (nSPS) is 10.4. The molecular weight excluding hydrogens is 362 g/mol. The number of carbonyl (C=O) groups is 2. The van der Waals surface area contributed by atoms with Crippen LogP contribution in [0.5, 0.6) is 0 Å². The van der Waals surface area contributed by atoms with Crippen LogP contribution < -0.4 is 5.32 Å². The number of amides is 1. The number of aromatic nitrogens is 2. The summed E-state index contributed by atoms with van der Waals surface area (Å²) in [6.45, 7) is 2.48. The summed E-state index contributed by atoms with van der Waals surface area (Å²) in [6.07, 6.45) is 2.04. The first-order valence-electron chi connectivity index (χ1n) is 8.41. The number of aryl methyl sites for hydroxylation is 1. The lowest BCUT2D eigenvalue weighted by Crippen LogP contribution is -2.26. The van der Waals surface area contributed by atoms with Gasteiger partial charge in [0.2, 0.25) is 0 Å². The fraction of sp³-hybridized carbons (Fsp3) is 0.200. The van der Waals surface area contributed by atoms with E-state index in [1.807, 2.05) is 36.6 Å². The van der Waals surface area contributed by atoms with Gasteiger partial charge in [0.25, 0.3) is 5.91 Å². The van der Waals surface area contributed by atoms with Gasteiger partial charge in [0.15, 0.2) is 0 Å². The van der Waals surface area contributed by atoms with Gasteiger partial charge in [-0.3, -0.25) is 9.78 Å². The topological polar surface area (TPSA) is 81.2 Å². The molecule has 1 aromatic carbocycles. The first kappa shape index (κ1) is 18.7. The third-order valence-electron chi connectivity index (χ3n) is 3.99. The van der Waals surface area contributed by atoms with Crippen LogP contribution in [-0.2, 0) is 11.2 Å². The Morgan fingerprint density at radius 3 is 2.52 bits per heavy atom. The van der Waals surface area contributed by atoms with E-state index in [0.717, 1.165) is 21.8 Å². The van der Waals surface area contributed by atoms with Crippen LogP contribution >= 0.6 is 11.3 Å². The number of carbonyl (C=O) groups excluding carboxylic acids is 2. The van der Waals surface area contributed by atoms with Crippen molar-refractivity contribution in [3.05, 3.63) is 69.8 Å². The largest absolute Gasteiger partial charge is 0.465 e. The maximum absolute atomic E-state index is 12.1. The SMILES string of the molecule is COC(=O)c1ccc(C(=O)NCCc2ccc(-c3csc(C)n3)cc2)nc1. The number of hydrogen-bond acceptors (Lipinski definition) is 6. The summed E-state index contributed by atoms with van der Waals surface area (Å²) in [4.78, 5) is 32.0. The molecule has 27 heavy (non-hydrogen) atoms. The van der Waals surface area contributed by atoms with Crippen molar-refractivity contribution in [2.45, 2.75) is 13.3 Å². The first-order chi connectivity index (χ1) is 13.1. The zero-order chi connectivity index (χ0) is 19.2. The van der Waals surface area contributed by atoms with E-state index in [4.69, 9.17) is 0 Å². The van der Waals surface area contributed by atoms with Crippen molar-refractivity contribution in [1.82, 2.24) is 15.3 Å². The van der Waals surface area contributed by atoms with E-state index in [0.29, 0.717) is 18.5 Å². The molecule has 0 unspecified atom stereocenters. The summed E-state index contributed by atoms with van der Waals surface area (Å²) in [5, 5.41) is 5.92. The van der Waals surface area contributed by atoms with Crippen molar-refractivity contribution in [3.8, 4) is 11.3 Å². The molecule has 0 saturated carbocycles. The number of benzene rings is 1. The Labute approximate surface area is 161 Å².